The first-order valence-electron chi connectivity index (χ1n) is 10.5. The maximum Gasteiger partial charge on any atom is 0.407 e. The minimum atomic E-state index is -0.474. The SMILES string of the molecule is CCN(CC)Cc1ccc(CNC(=NC)NCCCNC(=O)OC(C)(C)C)cc1.I. The van der Waals surface area contributed by atoms with Gasteiger partial charge in [-0.1, -0.05) is 38.1 Å². The van der Waals surface area contributed by atoms with Crippen molar-refractivity contribution in [1.29, 1.82) is 0 Å². The minimum absolute atomic E-state index is 0. The van der Waals surface area contributed by atoms with Crippen molar-refractivity contribution >= 4 is 36.0 Å². The van der Waals surface area contributed by atoms with Crippen LogP contribution in [0.4, 0.5) is 4.79 Å². The zero-order chi connectivity index (χ0) is 21.7. The Labute approximate surface area is 199 Å². The monoisotopic (exact) mass is 533 g/mol. The fourth-order valence-electron chi connectivity index (χ4n) is 2.67. The largest absolute Gasteiger partial charge is 0.444 e. The van der Waals surface area contributed by atoms with Crippen molar-refractivity contribution in [3.8, 4) is 0 Å². The summed E-state index contributed by atoms with van der Waals surface area (Å²) in [5.74, 6) is 0.745. The van der Waals surface area contributed by atoms with Crippen molar-refractivity contribution < 1.29 is 9.53 Å². The number of hydrogen-bond donors (Lipinski definition) is 3. The number of carbonyl (C=O) groups excluding carboxylic acids is 1. The number of aliphatic imine (C=N–C) groups is 1. The molecule has 0 radical (unpaired) electrons. The highest BCUT2D eigenvalue weighted by Gasteiger charge is 2.15. The van der Waals surface area contributed by atoms with Gasteiger partial charge < -0.3 is 20.7 Å². The maximum absolute atomic E-state index is 11.6. The summed E-state index contributed by atoms with van der Waals surface area (Å²) in [6, 6.07) is 8.69. The summed E-state index contributed by atoms with van der Waals surface area (Å²) in [5.41, 5.74) is 2.07. The van der Waals surface area contributed by atoms with Crippen LogP contribution in [0.3, 0.4) is 0 Å². The van der Waals surface area contributed by atoms with Gasteiger partial charge in [-0.2, -0.15) is 0 Å². The fraction of sp³-hybridized carbons (Fsp3) is 0.636. The van der Waals surface area contributed by atoms with E-state index in [0.717, 1.165) is 32.0 Å². The van der Waals surface area contributed by atoms with E-state index in [-0.39, 0.29) is 30.1 Å². The molecule has 0 aliphatic carbocycles. The summed E-state index contributed by atoms with van der Waals surface area (Å²) in [4.78, 5) is 18.2. The van der Waals surface area contributed by atoms with Crippen molar-refractivity contribution in [2.75, 3.05) is 33.2 Å². The molecule has 0 aliphatic rings. The molecule has 0 saturated carbocycles. The number of ether oxygens (including phenoxy) is 1. The van der Waals surface area contributed by atoms with Gasteiger partial charge in [0.1, 0.15) is 5.60 Å². The van der Waals surface area contributed by atoms with Gasteiger partial charge in [-0.15, -0.1) is 24.0 Å². The average molecular weight is 533 g/mol. The van der Waals surface area contributed by atoms with Gasteiger partial charge in [0.25, 0.3) is 0 Å². The summed E-state index contributed by atoms with van der Waals surface area (Å²) >= 11 is 0. The summed E-state index contributed by atoms with van der Waals surface area (Å²) in [7, 11) is 1.75. The lowest BCUT2D eigenvalue weighted by atomic mass is 10.1. The van der Waals surface area contributed by atoms with E-state index in [1.54, 1.807) is 7.05 Å². The molecule has 8 heteroatoms. The van der Waals surface area contributed by atoms with Gasteiger partial charge in [-0.05, 0) is 51.4 Å². The molecule has 7 nitrogen and oxygen atoms in total. The number of nitrogens with one attached hydrogen (secondary N) is 3. The number of halogens is 1. The summed E-state index contributed by atoms with van der Waals surface area (Å²) in [5, 5.41) is 9.32. The molecule has 1 amide bonds. The van der Waals surface area contributed by atoms with E-state index in [1.165, 1.54) is 11.1 Å². The summed E-state index contributed by atoms with van der Waals surface area (Å²) in [6.45, 7) is 15.0. The molecule has 1 aromatic carbocycles. The van der Waals surface area contributed by atoms with E-state index in [9.17, 15) is 4.79 Å². The van der Waals surface area contributed by atoms with Crippen LogP contribution in [0.2, 0.25) is 0 Å². The molecule has 0 heterocycles. The van der Waals surface area contributed by atoms with Gasteiger partial charge >= 0.3 is 6.09 Å². The number of alkyl carbamates (subject to hydrolysis) is 1. The molecule has 30 heavy (non-hydrogen) atoms. The molecule has 3 N–H and O–H groups in total. The second kappa shape index (κ2) is 15.3. The lowest BCUT2D eigenvalue weighted by molar-refractivity contribution is 0.0527. The molecule has 0 atom stereocenters. The van der Waals surface area contributed by atoms with Crippen molar-refractivity contribution in [2.45, 2.75) is 59.7 Å². The van der Waals surface area contributed by atoms with Crippen molar-refractivity contribution in [3.05, 3.63) is 35.4 Å². The zero-order valence-corrected chi connectivity index (χ0v) is 21.7. The van der Waals surface area contributed by atoms with Gasteiger partial charge in [0.2, 0.25) is 0 Å². The predicted molar refractivity (Wildman–Crippen MR) is 136 cm³/mol. The Morgan fingerprint density at radius 2 is 1.57 bits per heavy atom. The van der Waals surface area contributed by atoms with Gasteiger partial charge in [0.05, 0.1) is 0 Å². The number of benzene rings is 1. The van der Waals surface area contributed by atoms with Crippen LogP contribution in [0, 0.1) is 0 Å². The van der Waals surface area contributed by atoms with Crippen LogP contribution < -0.4 is 16.0 Å². The van der Waals surface area contributed by atoms with Crippen LogP contribution in [0.1, 0.15) is 52.2 Å². The third-order valence-corrected chi connectivity index (χ3v) is 4.32. The quantitative estimate of drug-likeness (QED) is 0.185. The Balaban J connectivity index is 0.00000841. The van der Waals surface area contributed by atoms with Crippen LogP contribution in [0.25, 0.3) is 0 Å². The average Bonchev–Trinajstić information content (AvgIpc) is 2.67. The zero-order valence-electron chi connectivity index (χ0n) is 19.4. The fourth-order valence-corrected chi connectivity index (χ4v) is 2.67. The third kappa shape index (κ3) is 12.9. The van der Waals surface area contributed by atoms with Gasteiger partial charge in [-0.3, -0.25) is 9.89 Å². The smallest absolute Gasteiger partial charge is 0.407 e. The van der Waals surface area contributed by atoms with E-state index in [4.69, 9.17) is 4.74 Å². The molecule has 0 spiro atoms. The Morgan fingerprint density at radius 1 is 1.00 bits per heavy atom. The van der Waals surface area contributed by atoms with E-state index < -0.39 is 5.60 Å². The standard InChI is InChI=1S/C22H39N5O2.HI/c1-7-27(8-2)17-19-12-10-18(11-13-19)16-26-20(23-6)24-14-9-15-25-21(28)29-22(3,4)5;/h10-13H,7-9,14-17H2,1-6H3,(H,25,28)(H2,23,24,26);1H. The Hall–Kier alpha value is -1.55. The highest BCUT2D eigenvalue weighted by Crippen LogP contribution is 2.08. The number of rotatable bonds is 10. The van der Waals surface area contributed by atoms with E-state index in [2.05, 4.69) is 64.0 Å². The topological polar surface area (TPSA) is 78.0 Å². The first kappa shape index (κ1) is 28.5. The number of nitrogens with zero attached hydrogens (tertiary/aromatic N) is 2. The molecule has 1 aromatic rings. The third-order valence-electron chi connectivity index (χ3n) is 4.32. The molecular formula is C22H40IN5O2. The molecule has 0 bridgehead atoms. The van der Waals surface area contributed by atoms with Crippen LogP contribution in [-0.2, 0) is 17.8 Å². The highest BCUT2D eigenvalue weighted by atomic mass is 127. The van der Waals surface area contributed by atoms with E-state index >= 15 is 0 Å². The predicted octanol–water partition coefficient (Wildman–Crippen LogP) is 3.73. The van der Waals surface area contributed by atoms with E-state index in [1.807, 2.05) is 20.8 Å². The summed E-state index contributed by atoms with van der Waals surface area (Å²) < 4.78 is 5.21. The van der Waals surface area contributed by atoms with Crippen LogP contribution in [-0.4, -0.2) is 55.8 Å². The number of carbonyl (C=O) groups is 1. The highest BCUT2D eigenvalue weighted by molar-refractivity contribution is 14.0. The maximum atomic E-state index is 11.6. The Bertz CT molecular complexity index is 625. The molecule has 1 rings (SSSR count). The molecule has 0 fully saturated rings. The molecule has 0 saturated heterocycles. The van der Waals surface area contributed by atoms with Crippen LogP contribution in [0.15, 0.2) is 29.3 Å². The first-order valence-corrected chi connectivity index (χ1v) is 10.5. The summed E-state index contributed by atoms with van der Waals surface area (Å²) in [6.07, 6.45) is 0.393. The van der Waals surface area contributed by atoms with Crippen molar-refractivity contribution in [3.63, 3.8) is 0 Å². The molecule has 172 valence electrons. The van der Waals surface area contributed by atoms with Crippen molar-refractivity contribution in [2.24, 2.45) is 4.99 Å². The minimum Gasteiger partial charge on any atom is -0.444 e. The van der Waals surface area contributed by atoms with Gasteiger partial charge in [-0.25, -0.2) is 4.79 Å². The van der Waals surface area contributed by atoms with E-state index in [0.29, 0.717) is 19.6 Å². The Morgan fingerprint density at radius 3 is 2.10 bits per heavy atom. The first-order chi connectivity index (χ1) is 13.8. The second-order valence-corrected chi connectivity index (χ2v) is 7.91. The van der Waals surface area contributed by atoms with Crippen LogP contribution >= 0.6 is 24.0 Å². The number of amides is 1. The second-order valence-electron chi connectivity index (χ2n) is 7.91. The molecule has 0 unspecified atom stereocenters. The van der Waals surface area contributed by atoms with Crippen LogP contribution in [0.5, 0.6) is 0 Å². The van der Waals surface area contributed by atoms with Crippen molar-refractivity contribution in [1.82, 2.24) is 20.9 Å². The number of hydrogen-bond acceptors (Lipinski definition) is 4. The molecular weight excluding hydrogens is 493 g/mol. The van der Waals surface area contributed by atoms with Gasteiger partial charge in [0, 0.05) is 33.2 Å². The normalized spacial score (nSPS) is 11.6. The lowest BCUT2D eigenvalue weighted by Gasteiger charge is -2.19. The Kier molecular flexibility index (Phi) is 14.5. The lowest BCUT2D eigenvalue weighted by Crippen LogP contribution is -2.39. The number of guanidine groups is 1. The van der Waals surface area contributed by atoms with Gasteiger partial charge in [0.15, 0.2) is 5.96 Å². The molecule has 0 aromatic heterocycles. The molecule has 0 aliphatic heterocycles.